The van der Waals surface area contributed by atoms with E-state index in [9.17, 15) is 4.79 Å². The second kappa shape index (κ2) is 4.55. The number of aromatic nitrogens is 2. The van der Waals surface area contributed by atoms with Gasteiger partial charge in [0.2, 0.25) is 0 Å². The quantitative estimate of drug-likeness (QED) is 0.790. The number of carbonyl (C=O) groups excluding carboxylic acids is 1. The highest BCUT2D eigenvalue weighted by Crippen LogP contribution is 2.22. The first kappa shape index (κ1) is 11.0. The highest BCUT2D eigenvalue weighted by atomic mass is 16.5. The van der Waals surface area contributed by atoms with Gasteiger partial charge in [-0.25, -0.2) is 4.79 Å². The van der Waals surface area contributed by atoms with Crippen molar-refractivity contribution in [2.75, 3.05) is 5.73 Å². The number of carbonyl (C=O) groups is 1. The lowest BCUT2D eigenvalue weighted by atomic mass is 10.3. The molecule has 1 fully saturated rings. The minimum Gasteiger partial charge on any atom is -0.458 e. The van der Waals surface area contributed by atoms with Crippen LogP contribution in [0, 0.1) is 0 Å². The van der Waals surface area contributed by atoms with Crippen LogP contribution < -0.4 is 5.73 Å². The molecule has 2 rings (SSSR count). The summed E-state index contributed by atoms with van der Waals surface area (Å²) < 4.78 is 6.98. The van der Waals surface area contributed by atoms with Gasteiger partial charge in [-0.2, -0.15) is 5.10 Å². The van der Waals surface area contributed by atoms with Crippen LogP contribution in [0.2, 0.25) is 0 Å². The van der Waals surface area contributed by atoms with Crippen LogP contribution in [0.1, 0.15) is 43.1 Å². The zero-order valence-electron chi connectivity index (χ0n) is 9.48. The predicted octanol–water partition coefficient (Wildman–Crippen LogP) is 1.58. The van der Waals surface area contributed by atoms with Gasteiger partial charge < -0.3 is 10.5 Å². The molecule has 1 heterocycles. The fraction of sp³-hybridized carbons (Fsp3) is 0.636. The molecule has 0 saturated heterocycles. The van der Waals surface area contributed by atoms with Crippen molar-refractivity contribution in [3.05, 3.63) is 11.9 Å². The van der Waals surface area contributed by atoms with Crippen LogP contribution in [0.15, 0.2) is 6.20 Å². The van der Waals surface area contributed by atoms with E-state index >= 15 is 0 Å². The van der Waals surface area contributed by atoms with Crippen LogP contribution in [0.3, 0.4) is 0 Å². The summed E-state index contributed by atoms with van der Waals surface area (Å²) in [7, 11) is 0. The lowest BCUT2D eigenvalue weighted by molar-refractivity contribution is 0.0311. The largest absolute Gasteiger partial charge is 0.458 e. The summed E-state index contributed by atoms with van der Waals surface area (Å²) in [5.41, 5.74) is 6.35. The number of nitrogens with two attached hydrogens (primary N) is 1. The van der Waals surface area contributed by atoms with E-state index in [4.69, 9.17) is 10.5 Å². The molecule has 2 N–H and O–H groups in total. The zero-order chi connectivity index (χ0) is 11.5. The van der Waals surface area contributed by atoms with Crippen LogP contribution in [0.25, 0.3) is 0 Å². The number of hydrogen-bond donors (Lipinski definition) is 1. The van der Waals surface area contributed by atoms with E-state index in [0.717, 1.165) is 25.7 Å². The number of nitrogens with zero attached hydrogens (tertiary/aromatic N) is 2. The minimum absolute atomic E-state index is 0.0543. The van der Waals surface area contributed by atoms with E-state index in [1.165, 1.54) is 0 Å². The Kier molecular flexibility index (Phi) is 3.12. The monoisotopic (exact) mass is 223 g/mol. The molecule has 0 unspecified atom stereocenters. The molecule has 0 amide bonds. The predicted molar refractivity (Wildman–Crippen MR) is 60.0 cm³/mol. The maximum atomic E-state index is 11.8. The van der Waals surface area contributed by atoms with Crippen molar-refractivity contribution in [2.24, 2.45) is 0 Å². The van der Waals surface area contributed by atoms with Gasteiger partial charge in [-0.15, -0.1) is 0 Å². The average molecular weight is 223 g/mol. The smallest absolute Gasteiger partial charge is 0.361 e. The van der Waals surface area contributed by atoms with E-state index in [1.807, 2.05) is 6.92 Å². The SMILES string of the molecule is CCn1cc(N)c(C(=O)OC2CCCC2)n1. The van der Waals surface area contributed by atoms with Crippen LogP contribution in [0.5, 0.6) is 0 Å². The number of hydrogen-bond acceptors (Lipinski definition) is 4. The number of nitrogen functional groups attached to an aromatic ring is 1. The third-order valence-electron chi connectivity index (χ3n) is 2.88. The first-order valence-electron chi connectivity index (χ1n) is 5.74. The number of ether oxygens (including phenoxy) is 1. The van der Waals surface area contributed by atoms with Gasteiger partial charge in [0.1, 0.15) is 6.10 Å². The molecular formula is C11H17N3O2. The molecule has 1 aromatic heterocycles. The minimum atomic E-state index is -0.392. The first-order chi connectivity index (χ1) is 7.70. The third kappa shape index (κ3) is 2.18. The van der Waals surface area contributed by atoms with E-state index in [0.29, 0.717) is 12.2 Å². The molecule has 16 heavy (non-hydrogen) atoms. The van der Waals surface area contributed by atoms with E-state index < -0.39 is 5.97 Å². The van der Waals surface area contributed by atoms with Crippen LogP contribution in [-0.4, -0.2) is 21.9 Å². The second-order valence-corrected chi connectivity index (χ2v) is 4.10. The van der Waals surface area contributed by atoms with E-state index in [1.54, 1.807) is 10.9 Å². The summed E-state index contributed by atoms with van der Waals surface area (Å²) in [6.07, 6.45) is 5.90. The Morgan fingerprint density at radius 1 is 1.62 bits per heavy atom. The van der Waals surface area contributed by atoms with Gasteiger partial charge in [-0.05, 0) is 32.6 Å². The Bertz CT molecular complexity index is 381. The van der Waals surface area contributed by atoms with Crippen molar-refractivity contribution in [3.63, 3.8) is 0 Å². The summed E-state index contributed by atoms with van der Waals surface area (Å²) in [6.45, 7) is 2.64. The lowest BCUT2D eigenvalue weighted by Crippen LogP contribution is -2.16. The number of anilines is 1. The molecule has 1 aliphatic rings. The summed E-state index contributed by atoms with van der Waals surface area (Å²) in [6, 6.07) is 0. The fourth-order valence-electron chi connectivity index (χ4n) is 1.97. The average Bonchev–Trinajstić information content (AvgIpc) is 2.87. The molecule has 1 saturated carbocycles. The molecule has 88 valence electrons. The standard InChI is InChI=1S/C11H17N3O2/c1-2-14-7-9(12)10(13-14)11(15)16-8-5-3-4-6-8/h7-8H,2-6,12H2,1H3. The second-order valence-electron chi connectivity index (χ2n) is 4.10. The Balaban J connectivity index is 2.04. The van der Waals surface area contributed by atoms with Gasteiger partial charge in [-0.1, -0.05) is 0 Å². The lowest BCUT2D eigenvalue weighted by Gasteiger charge is -2.09. The summed E-state index contributed by atoms with van der Waals surface area (Å²) in [5.74, 6) is -0.392. The van der Waals surface area contributed by atoms with Crippen molar-refractivity contribution >= 4 is 11.7 Å². The maximum absolute atomic E-state index is 11.8. The van der Waals surface area contributed by atoms with Crippen LogP contribution in [0.4, 0.5) is 5.69 Å². The van der Waals surface area contributed by atoms with Crippen molar-refractivity contribution in [2.45, 2.75) is 45.3 Å². The summed E-state index contributed by atoms with van der Waals surface area (Å²) in [4.78, 5) is 11.8. The Morgan fingerprint density at radius 2 is 2.31 bits per heavy atom. The molecule has 0 atom stereocenters. The third-order valence-corrected chi connectivity index (χ3v) is 2.88. The van der Waals surface area contributed by atoms with Gasteiger partial charge in [0.25, 0.3) is 0 Å². The Labute approximate surface area is 94.6 Å². The Hall–Kier alpha value is -1.52. The van der Waals surface area contributed by atoms with E-state index in [-0.39, 0.29) is 11.8 Å². The highest BCUT2D eigenvalue weighted by molar-refractivity contribution is 5.92. The molecule has 0 aromatic carbocycles. The van der Waals surface area contributed by atoms with Crippen LogP contribution in [-0.2, 0) is 11.3 Å². The van der Waals surface area contributed by atoms with Crippen molar-refractivity contribution in [3.8, 4) is 0 Å². The van der Waals surface area contributed by atoms with Gasteiger partial charge in [0.05, 0.1) is 5.69 Å². The molecular weight excluding hydrogens is 206 g/mol. The van der Waals surface area contributed by atoms with Crippen molar-refractivity contribution < 1.29 is 9.53 Å². The molecule has 0 bridgehead atoms. The van der Waals surface area contributed by atoms with Crippen molar-refractivity contribution in [1.82, 2.24) is 9.78 Å². The number of rotatable bonds is 3. The van der Waals surface area contributed by atoms with Gasteiger partial charge in [-0.3, -0.25) is 4.68 Å². The fourth-order valence-corrected chi connectivity index (χ4v) is 1.97. The maximum Gasteiger partial charge on any atom is 0.361 e. The highest BCUT2D eigenvalue weighted by Gasteiger charge is 2.23. The van der Waals surface area contributed by atoms with E-state index in [2.05, 4.69) is 5.10 Å². The van der Waals surface area contributed by atoms with Crippen molar-refractivity contribution in [1.29, 1.82) is 0 Å². The molecule has 1 aliphatic carbocycles. The molecule has 0 radical (unpaired) electrons. The Morgan fingerprint density at radius 3 is 2.88 bits per heavy atom. The topological polar surface area (TPSA) is 70.1 Å². The van der Waals surface area contributed by atoms with Gasteiger partial charge in [0, 0.05) is 12.7 Å². The number of aryl methyl sites for hydroxylation is 1. The molecule has 0 aliphatic heterocycles. The van der Waals surface area contributed by atoms with Gasteiger partial charge in [0.15, 0.2) is 5.69 Å². The molecule has 5 heteroatoms. The molecule has 0 spiro atoms. The zero-order valence-corrected chi connectivity index (χ0v) is 9.48. The summed E-state index contributed by atoms with van der Waals surface area (Å²) in [5, 5.41) is 4.09. The van der Waals surface area contributed by atoms with Crippen LogP contribution >= 0.6 is 0 Å². The first-order valence-corrected chi connectivity index (χ1v) is 5.74. The molecule has 5 nitrogen and oxygen atoms in total. The normalized spacial score (nSPS) is 16.6. The number of esters is 1. The van der Waals surface area contributed by atoms with Gasteiger partial charge >= 0.3 is 5.97 Å². The molecule has 1 aromatic rings. The summed E-state index contributed by atoms with van der Waals surface area (Å²) >= 11 is 0.